The van der Waals surface area contributed by atoms with Crippen molar-refractivity contribution in [2.45, 2.75) is 18.6 Å². The molecule has 0 radical (unpaired) electrons. The number of hydrogen-bond donors (Lipinski definition) is 2. The summed E-state index contributed by atoms with van der Waals surface area (Å²) in [4.78, 5) is 17.9. The minimum absolute atomic E-state index is 0.181. The average Bonchev–Trinajstić information content (AvgIpc) is 3.15. The van der Waals surface area contributed by atoms with Crippen LogP contribution in [0.1, 0.15) is 17.5 Å². The predicted molar refractivity (Wildman–Crippen MR) is 89.0 cm³/mol. The third-order valence-corrected chi connectivity index (χ3v) is 4.74. The van der Waals surface area contributed by atoms with Crippen LogP contribution < -0.4 is 4.90 Å². The molecule has 1 aromatic heterocycles. The molecule has 1 fully saturated rings. The van der Waals surface area contributed by atoms with Crippen molar-refractivity contribution < 1.29 is 24.6 Å². The molecule has 1 saturated heterocycles. The van der Waals surface area contributed by atoms with Crippen LogP contribution in [0.15, 0.2) is 23.4 Å². The van der Waals surface area contributed by atoms with Crippen LogP contribution in [0.4, 0.5) is 10.5 Å². The number of carbonyl (C=O) groups excluding carboxylic acids is 1. The van der Waals surface area contributed by atoms with Crippen LogP contribution in [-0.4, -0.2) is 54.0 Å². The number of hydrogen-bond acceptors (Lipinski definition) is 8. The summed E-state index contributed by atoms with van der Waals surface area (Å²) in [5, 5.41) is 21.8. The van der Waals surface area contributed by atoms with Gasteiger partial charge in [0.2, 0.25) is 0 Å². The molecule has 9 heteroatoms. The van der Waals surface area contributed by atoms with Crippen molar-refractivity contribution in [3.8, 4) is 0 Å². The zero-order valence-corrected chi connectivity index (χ0v) is 13.8. The monoisotopic (exact) mass is 351 g/mol. The van der Waals surface area contributed by atoms with Crippen LogP contribution in [0.25, 0.3) is 10.2 Å². The van der Waals surface area contributed by atoms with Crippen molar-refractivity contribution >= 4 is 39.5 Å². The topological polar surface area (TPSA) is 104 Å². The Morgan fingerprint density at radius 1 is 1.62 bits per heavy atom. The summed E-state index contributed by atoms with van der Waals surface area (Å²) in [6.07, 6.45) is -0.113. The standard InChI is InChI=1S/C15H17N3O5S/c1-22-8-10-7-18(15(20)23-10)9-2-3-11-13(6-9)24-14(17-11)12(19)4-5-16-21/h2-3,5-6,10,12,19,21H,4,7-8H2,1H3. The van der Waals surface area contributed by atoms with E-state index in [9.17, 15) is 9.90 Å². The van der Waals surface area contributed by atoms with E-state index in [1.54, 1.807) is 24.1 Å². The number of cyclic esters (lactones) is 1. The van der Waals surface area contributed by atoms with Crippen LogP contribution in [0.5, 0.6) is 0 Å². The largest absolute Gasteiger partial charge is 0.441 e. The normalized spacial score (nSPS) is 19.3. The third-order valence-electron chi connectivity index (χ3n) is 3.62. The van der Waals surface area contributed by atoms with Crippen LogP contribution in [0, 0.1) is 0 Å². The van der Waals surface area contributed by atoms with Gasteiger partial charge in [0.15, 0.2) is 0 Å². The number of rotatable bonds is 6. The fraction of sp³-hybridized carbons (Fsp3) is 0.400. The number of anilines is 1. The van der Waals surface area contributed by atoms with E-state index in [-0.39, 0.29) is 12.5 Å². The summed E-state index contributed by atoms with van der Waals surface area (Å²) in [7, 11) is 1.56. The van der Waals surface area contributed by atoms with Gasteiger partial charge in [-0.25, -0.2) is 9.78 Å². The van der Waals surface area contributed by atoms with Crippen molar-refractivity contribution in [1.82, 2.24) is 4.98 Å². The molecule has 2 N–H and O–H groups in total. The lowest BCUT2D eigenvalue weighted by atomic mass is 10.2. The van der Waals surface area contributed by atoms with Crippen molar-refractivity contribution in [3.05, 3.63) is 23.2 Å². The second-order valence-corrected chi connectivity index (χ2v) is 6.39. The number of ether oxygens (including phenoxy) is 2. The van der Waals surface area contributed by atoms with E-state index < -0.39 is 12.2 Å². The van der Waals surface area contributed by atoms with Gasteiger partial charge in [-0.3, -0.25) is 4.90 Å². The van der Waals surface area contributed by atoms with E-state index in [0.29, 0.717) is 23.8 Å². The summed E-state index contributed by atoms with van der Waals surface area (Å²) in [6.45, 7) is 0.785. The van der Waals surface area contributed by atoms with Gasteiger partial charge in [0, 0.05) is 25.4 Å². The number of oxime groups is 1. The van der Waals surface area contributed by atoms with E-state index in [2.05, 4.69) is 10.1 Å². The SMILES string of the molecule is COCC1CN(c2ccc3nc(C(O)CC=NO)sc3c2)C(=O)O1. The van der Waals surface area contributed by atoms with Crippen LogP contribution >= 0.6 is 11.3 Å². The van der Waals surface area contributed by atoms with Gasteiger partial charge in [0.05, 0.1) is 23.4 Å². The number of nitrogens with zero attached hydrogens (tertiary/aromatic N) is 3. The Morgan fingerprint density at radius 3 is 3.21 bits per heavy atom. The molecule has 1 amide bonds. The minimum Gasteiger partial charge on any atom is -0.441 e. The van der Waals surface area contributed by atoms with Gasteiger partial charge >= 0.3 is 6.09 Å². The Bertz CT molecular complexity index is 763. The van der Waals surface area contributed by atoms with Crippen molar-refractivity contribution in [1.29, 1.82) is 0 Å². The van der Waals surface area contributed by atoms with E-state index in [1.807, 2.05) is 6.07 Å². The highest BCUT2D eigenvalue weighted by Crippen LogP contribution is 2.32. The van der Waals surface area contributed by atoms with Crippen molar-refractivity contribution in [2.75, 3.05) is 25.2 Å². The molecular weight excluding hydrogens is 334 g/mol. The van der Waals surface area contributed by atoms with Gasteiger partial charge < -0.3 is 19.8 Å². The molecule has 3 rings (SSSR count). The maximum absolute atomic E-state index is 12.0. The van der Waals surface area contributed by atoms with Gasteiger partial charge in [-0.15, -0.1) is 16.5 Å². The molecule has 0 aliphatic carbocycles. The van der Waals surface area contributed by atoms with Gasteiger partial charge in [0.25, 0.3) is 0 Å². The van der Waals surface area contributed by atoms with Crippen LogP contribution in [0.2, 0.25) is 0 Å². The summed E-state index contributed by atoms with van der Waals surface area (Å²) in [5.74, 6) is 0. The first-order valence-electron chi connectivity index (χ1n) is 7.34. The molecule has 128 valence electrons. The number of thiazole rings is 1. The number of methoxy groups -OCH3 is 1. The third kappa shape index (κ3) is 3.32. The molecule has 1 aromatic carbocycles. The van der Waals surface area contributed by atoms with Crippen LogP contribution in [0.3, 0.4) is 0 Å². The quantitative estimate of drug-likeness (QED) is 0.469. The van der Waals surface area contributed by atoms with E-state index in [4.69, 9.17) is 14.7 Å². The fourth-order valence-electron chi connectivity index (χ4n) is 2.49. The number of amides is 1. The summed E-state index contributed by atoms with van der Waals surface area (Å²) in [6, 6.07) is 5.44. The Morgan fingerprint density at radius 2 is 2.46 bits per heavy atom. The second kappa shape index (κ2) is 7.12. The number of aromatic nitrogens is 1. The first-order chi connectivity index (χ1) is 11.6. The van der Waals surface area contributed by atoms with Gasteiger partial charge in [-0.05, 0) is 18.2 Å². The summed E-state index contributed by atoms with van der Waals surface area (Å²) >= 11 is 1.33. The molecule has 0 saturated carbocycles. The molecular formula is C15H17N3O5S. The Hall–Kier alpha value is -2.23. The zero-order valence-electron chi connectivity index (χ0n) is 13.0. The Kier molecular flexibility index (Phi) is 4.93. The lowest BCUT2D eigenvalue weighted by molar-refractivity contribution is 0.0718. The minimum atomic E-state index is -0.829. The molecule has 2 unspecified atom stereocenters. The molecule has 24 heavy (non-hydrogen) atoms. The van der Waals surface area contributed by atoms with Gasteiger partial charge in [0.1, 0.15) is 17.2 Å². The fourth-order valence-corrected chi connectivity index (χ4v) is 3.49. The molecule has 2 aromatic rings. The Balaban J connectivity index is 1.82. The highest BCUT2D eigenvalue weighted by atomic mass is 32.1. The first kappa shape index (κ1) is 16.6. The van der Waals surface area contributed by atoms with E-state index >= 15 is 0 Å². The maximum Gasteiger partial charge on any atom is 0.414 e. The predicted octanol–water partition coefficient (Wildman–Crippen LogP) is 2.15. The number of aliphatic hydroxyl groups is 1. The first-order valence-corrected chi connectivity index (χ1v) is 8.15. The lowest BCUT2D eigenvalue weighted by Crippen LogP contribution is -2.25. The second-order valence-electron chi connectivity index (χ2n) is 5.33. The molecule has 1 aliphatic rings. The molecule has 1 aliphatic heterocycles. The summed E-state index contributed by atoms with van der Waals surface area (Å²) in [5.41, 5.74) is 1.45. The van der Waals surface area contributed by atoms with Crippen molar-refractivity contribution in [3.63, 3.8) is 0 Å². The lowest BCUT2D eigenvalue weighted by Gasteiger charge is -2.12. The maximum atomic E-state index is 12.0. The number of aliphatic hydroxyl groups excluding tert-OH is 1. The smallest absolute Gasteiger partial charge is 0.414 e. The molecule has 2 atom stereocenters. The highest BCUT2D eigenvalue weighted by Gasteiger charge is 2.32. The summed E-state index contributed by atoms with van der Waals surface area (Å²) < 4.78 is 11.1. The molecule has 0 bridgehead atoms. The Labute approximate surface area is 141 Å². The number of benzene rings is 1. The van der Waals surface area contributed by atoms with Gasteiger partial charge in [-0.2, -0.15) is 0 Å². The van der Waals surface area contributed by atoms with Crippen LogP contribution in [-0.2, 0) is 9.47 Å². The van der Waals surface area contributed by atoms with Gasteiger partial charge in [-0.1, -0.05) is 0 Å². The highest BCUT2D eigenvalue weighted by molar-refractivity contribution is 7.18. The number of carbonyl (C=O) groups is 1. The van der Waals surface area contributed by atoms with E-state index in [0.717, 1.165) is 10.2 Å². The molecule has 0 spiro atoms. The van der Waals surface area contributed by atoms with Crippen molar-refractivity contribution in [2.24, 2.45) is 5.16 Å². The zero-order chi connectivity index (χ0) is 17.1. The molecule has 2 heterocycles. The average molecular weight is 351 g/mol. The van der Waals surface area contributed by atoms with E-state index in [1.165, 1.54) is 17.6 Å². The molecule has 8 nitrogen and oxygen atoms in total. The number of fused-ring (bicyclic) bond motifs is 1.